The molecule has 6 heteroatoms. The first-order valence-electron chi connectivity index (χ1n) is 6.66. The number of halogens is 5. The Morgan fingerprint density at radius 3 is 2.10 bits per heavy atom. The lowest BCUT2D eigenvalue weighted by Crippen LogP contribution is -2.31. The van der Waals surface area contributed by atoms with Gasteiger partial charge >= 0.3 is 6.18 Å². The minimum absolute atomic E-state index is 0.0426. The predicted molar refractivity (Wildman–Crippen MR) is 80.4 cm³/mol. The van der Waals surface area contributed by atoms with Crippen molar-refractivity contribution >= 4 is 23.2 Å². The molecule has 0 aromatic heterocycles. The second-order valence-electron chi connectivity index (χ2n) is 5.18. The topological polar surface area (TPSA) is 9.23 Å². The third-order valence-corrected chi connectivity index (χ3v) is 4.41. The summed E-state index contributed by atoms with van der Waals surface area (Å²) >= 11 is 12.2. The van der Waals surface area contributed by atoms with Crippen molar-refractivity contribution in [2.75, 3.05) is 25.0 Å². The van der Waals surface area contributed by atoms with E-state index in [1.807, 2.05) is 31.2 Å². The Morgan fingerprint density at radius 1 is 1.05 bits per heavy atom. The van der Waals surface area contributed by atoms with Gasteiger partial charge in [-0.05, 0) is 25.3 Å². The van der Waals surface area contributed by atoms with Gasteiger partial charge in [0, 0.05) is 23.8 Å². The van der Waals surface area contributed by atoms with Gasteiger partial charge in [0.15, 0.2) is 0 Å². The molecule has 0 amide bonds. The van der Waals surface area contributed by atoms with E-state index in [9.17, 15) is 13.2 Å². The van der Waals surface area contributed by atoms with Crippen LogP contribution in [0.4, 0.5) is 13.2 Å². The molecule has 21 heavy (non-hydrogen) atoms. The van der Waals surface area contributed by atoms with Gasteiger partial charge < -0.3 is 4.74 Å². The maximum atomic E-state index is 12.0. The summed E-state index contributed by atoms with van der Waals surface area (Å²) in [6.07, 6.45) is -3.22. The molecule has 0 atom stereocenters. The molecule has 0 aliphatic carbocycles. The van der Waals surface area contributed by atoms with Gasteiger partial charge in [0.1, 0.15) is 6.61 Å². The Bertz CT molecular complexity index is 414. The summed E-state index contributed by atoms with van der Waals surface area (Å²) < 4.78 is 40.6. The first-order chi connectivity index (χ1) is 9.83. The van der Waals surface area contributed by atoms with Gasteiger partial charge in [0.05, 0.1) is 0 Å². The molecule has 0 unspecified atom stereocenters. The van der Waals surface area contributed by atoms with E-state index in [4.69, 9.17) is 23.2 Å². The number of hydrogen-bond acceptors (Lipinski definition) is 1. The average Bonchev–Trinajstić information content (AvgIpc) is 2.43. The van der Waals surface area contributed by atoms with Crippen LogP contribution in [0, 0.1) is 6.92 Å². The molecule has 1 nitrogen and oxygen atoms in total. The molecular weight excluding hydrogens is 324 g/mol. The fourth-order valence-electron chi connectivity index (χ4n) is 2.08. The van der Waals surface area contributed by atoms with Gasteiger partial charge in [-0.25, -0.2) is 0 Å². The molecule has 0 saturated carbocycles. The van der Waals surface area contributed by atoms with Gasteiger partial charge in [-0.3, -0.25) is 0 Å². The fourth-order valence-corrected chi connectivity index (χ4v) is 2.94. The van der Waals surface area contributed by atoms with Gasteiger partial charge in [-0.2, -0.15) is 13.2 Å². The van der Waals surface area contributed by atoms with E-state index in [1.54, 1.807) is 0 Å². The molecule has 0 radical (unpaired) electrons. The molecule has 0 N–H and O–H groups in total. The van der Waals surface area contributed by atoms with Gasteiger partial charge in [0.2, 0.25) is 0 Å². The summed E-state index contributed by atoms with van der Waals surface area (Å²) in [4.78, 5) is 0. The van der Waals surface area contributed by atoms with Crippen LogP contribution in [0.15, 0.2) is 24.3 Å². The van der Waals surface area contributed by atoms with E-state index in [0.29, 0.717) is 24.6 Å². The van der Waals surface area contributed by atoms with Crippen LogP contribution < -0.4 is 0 Å². The van der Waals surface area contributed by atoms with E-state index < -0.39 is 18.2 Å². The van der Waals surface area contributed by atoms with Gasteiger partial charge in [-0.1, -0.05) is 29.8 Å². The molecule has 0 heterocycles. The number of benzene rings is 1. The normalized spacial score (nSPS) is 12.7. The molecule has 1 aromatic rings. The highest BCUT2D eigenvalue weighted by atomic mass is 35.5. The van der Waals surface area contributed by atoms with E-state index in [-0.39, 0.29) is 6.61 Å². The Balaban J connectivity index is 2.59. The predicted octanol–water partition coefficient (Wildman–Crippen LogP) is 5.07. The molecule has 0 aliphatic heterocycles. The van der Waals surface area contributed by atoms with Crippen molar-refractivity contribution in [2.45, 2.75) is 31.4 Å². The molecule has 0 spiro atoms. The van der Waals surface area contributed by atoms with Crippen LogP contribution >= 0.6 is 23.2 Å². The summed E-state index contributed by atoms with van der Waals surface area (Å²) in [6.45, 7) is 0.811. The van der Waals surface area contributed by atoms with Gasteiger partial charge in [0.25, 0.3) is 0 Å². The highest BCUT2D eigenvalue weighted by molar-refractivity contribution is 6.22. The summed E-state index contributed by atoms with van der Waals surface area (Å²) in [5.74, 6) is 0.637. The SMILES string of the molecule is Cc1ccc(C(CCl)(CCl)CCCOCC(F)(F)F)cc1. The number of rotatable bonds is 8. The number of aryl methyl sites for hydroxylation is 1. The Labute approximate surface area is 133 Å². The molecule has 1 aromatic carbocycles. The van der Waals surface area contributed by atoms with Crippen LogP contribution in [0.5, 0.6) is 0 Å². The standard InChI is InChI=1S/C15H19Cl2F3O/c1-12-3-5-13(6-4-12)14(9-16,10-17)7-2-8-21-11-15(18,19)20/h3-6H,2,7-11H2,1H3. The molecule has 1 rings (SSSR count). The number of alkyl halides is 5. The lowest BCUT2D eigenvalue weighted by Gasteiger charge is -2.30. The quantitative estimate of drug-likeness (QED) is 0.473. The molecule has 120 valence electrons. The van der Waals surface area contributed by atoms with Crippen molar-refractivity contribution in [2.24, 2.45) is 0 Å². The summed E-state index contributed by atoms with van der Waals surface area (Å²) in [6, 6.07) is 7.89. The van der Waals surface area contributed by atoms with Crippen molar-refractivity contribution < 1.29 is 17.9 Å². The summed E-state index contributed by atoms with van der Waals surface area (Å²) in [5.41, 5.74) is 1.71. The smallest absolute Gasteiger partial charge is 0.372 e. The largest absolute Gasteiger partial charge is 0.411 e. The first-order valence-corrected chi connectivity index (χ1v) is 7.73. The summed E-state index contributed by atoms with van der Waals surface area (Å²) in [7, 11) is 0. The molecule has 0 bridgehead atoms. The van der Waals surface area contributed by atoms with Crippen molar-refractivity contribution in [1.29, 1.82) is 0 Å². The molecule has 0 saturated heterocycles. The highest BCUT2D eigenvalue weighted by Gasteiger charge is 2.31. The fraction of sp³-hybridized carbons (Fsp3) is 0.600. The van der Waals surface area contributed by atoms with Gasteiger partial charge in [-0.15, -0.1) is 23.2 Å². The van der Waals surface area contributed by atoms with Crippen LogP contribution in [0.1, 0.15) is 24.0 Å². The van der Waals surface area contributed by atoms with E-state index >= 15 is 0 Å². The maximum absolute atomic E-state index is 12.0. The van der Waals surface area contributed by atoms with E-state index in [2.05, 4.69) is 4.74 Å². The third-order valence-electron chi connectivity index (χ3n) is 3.39. The first kappa shape index (κ1) is 18.6. The van der Waals surface area contributed by atoms with Crippen molar-refractivity contribution in [3.05, 3.63) is 35.4 Å². The Hall–Kier alpha value is -0.450. The van der Waals surface area contributed by atoms with E-state index in [0.717, 1.165) is 11.1 Å². The number of ether oxygens (including phenoxy) is 1. The van der Waals surface area contributed by atoms with Crippen LogP contribution in [0.25, 0.3) is 0 Å². The van der Waals surface area contributed by atoms with Crippen molar-refractivity contribution in [3.8, 4) is 0 Å². The van der Waals surface area contributed by atoms with Crippen molar-refractivity contribution in [1.82, 2.24) is 0 Å². The van der Waals surface area contributed by atoms with Crippen LogP contribution in [0.2, 0.25) is 0 Å². The van der Waals surface area contributed by atoms with E-state index in [1.165, 1.54) is 0 Å². The maximum Gasteiger partial charge on any atom is 0.411 e. The summed E-state index contributed by atoms with van der Waals surface area (Å²) in [5, 5.41) is 0. The zero-order valence-electron chi connectivity index (χ0n) is 11.9. The van der Waals surface area contributed by atoms with Crippen LogP contribution in [0.3, 0.4) is 0 Å². The van der Waals surface area contributed by atoms with Crippen LogP contribution in [-0.2, 0) is 10.2 Å². The lowest BCUT2D eigenvalue weighted by molar-refractivity contribution is -0.174. The Morgan fingerprint density at radius 2 is 1.62 bits per heavy atom. The highest BCUT2D eigenvalue weighted by Crippen LogP contribution is 2.32. The second-order valence-corrected chi connectivity index (χ2v) is 5.72. The number of hydrogen-bond donors (Lipinski definition) is 0. The zero-order valence-corrected chi connectivity index (χ0v) is 13.4. The van der Waals surface area contributed by atoms with Crippen LogP contribution in [-0.4, -0.2) is 31.2 Å². The molecule has 0 aliphatic rings. The second kappa shape index (κ2) is 8.25. The average molecular weight is 343 g/mol. The zero-order chi connectivity index (χ0) is 15.9. The third kappa shape index (κ3) is 6.05. The Kier molecular flexibility index (Phi) is 7.31. The minimum atomic E-state index is -4.28. The lowest BCUT2D eigenvalue weighted by atomic mass is 9.80. The molecular formula is C15H19Cl2F3O. The minimum Gasteiger partial charge on any atom is -0.372 e. The van der Waals surface area contributed by atoms with Crippen molar-refractivity contribution in [3.63, 3.8) is 0 Å². The monoisotopic (exact) mass is 342 g/mol. The molecule has 0 fully saturated rings.